The highest BCUT2D eigenvalue weighted by atomic mass is 19.1. The number of nitrogens with zero attached hydrogens (tertiary/aromatic N) is 6. The largest absolute Gasteiger partial charge is 0.337 e. The zero-order valence-electron chi connectivity index (χ0n) is 18.3. The number of carbonyl (C=O) groups is 1. The van der Waals surface area contributed by atoms with E-state index in [9.17, 15) is 9.18 Å². The molecule has 0 aliphatic carbocycles. The smallest absolute Gasteiger partial charge is 0.237 e. The molecule has 2 atom stereocenters. The number of hydrogen-bond donors (Lipinski definition) is 1. The van der Waals surface area contributed by atoms with Gasteiger partial charge in [-0.3, -0.25) is 15.0 Å². The van der Waals surface area contributed by atoms with Crippen molar-refractivity contribution >= 4 is 5.91 Å². The average molecular weight is 448 g/mol. The van der Waals surface area contributed by atoms with Crippen molar-refractivity contribution in [2.24, 2.45) is 0 Å². The molecule has 3 aromatic rings. The maximum Gasteiger partial charge on any atom is 0.237 e. The van der Waals surface area contributed by atoms with Gasteiger partial charge in [0.1, 0.15) is 5.82 Å². The van der Waals surface area contributed by atoms with Crippen LogP contribution >= 0.6 is 0 Å². The summed E-state index contributed by atoms with van der Waals surface area (Å²) in [7, 11) is 0. The summed E-state index contributed by atoms with van der Waals surface area (Å²) in [5.41, 5.74) is 2.92. The fourth-order valence-corrected chi connectivity index (χ4v) is 5.53. The number of halogens is 1. The van der Waals surface area contributed by atoms with E-state index in [0.717, 1.165) is 37.1 Å². The molecule has 2 saturated heterocycles. The molecule has 2 aromatic heterocycles. The van der Waals surface area contributed by atoms with Crippen molar-refractivity contribution in [2.45, 2.75) is 37.4 Å². The molecule has 9 heteroatoms. The number of piperazine rings is 1. The van der Waals surface area contributed by atoms with E-state index in [1.165, 1.54) is 18.1 Å². The maximum absolute atomic E-state index is 13.3. The maximum atomic E-state index is 13.3. The monoisotopic (exact) mass is 447 g/mol. The van der Waals surface area contributed by atoms with Crippen LogP contribution < -0.4 is 5.32 Å². The van der Waals surface area contributed by atoms with Gasteiger partial charge in [-0.05, 0) is 25.0 Å². The van der Waals surface area contributed by atoms with Gasteiger partial charge in [-0.2, -0.15) is 5.10 Å². The fourth-order valence-electron chi connectivity index (χ4n) is 5.53. The third-order valence-corrected chi connectivity index (χ3v) is 7.07. The number of nitrogens with one attached hydrogen (secondary N) is 1. The first kappa shape index (κ1) is 20.4. The number of benzene rings is 1. The molecule has 0 spiro atoms. The first-order valence-corrected chi connectivity index (χ1v) is 11.5. The van der Waals surface area contributed by atoms with Crippen LogP contribution in [0.5, 0.6) is 0 Å². The van der Waals surface area contributed by atoms with Crippen molar-refractivity contribution in [3.8, 4) is 5.69 Å². The second-order valence-electron chi connectivity index (χ2n) is 9.29. The third-order valence-electron chi connectivity index (χ3n) is 7.07. The van der Waals surface area contributed by atoms with Gasteiger partial charge >= 0.3 is 0 Å². The topological polar surface area (TPSA) is 79.2 Å². The van der Waals surface area contributed by atoms with Gasteiger partial charge in [-0.25, -0.2) is 19.0 Å². The molecule has 3 aliphatic heterocycles. The molecule has 5 heterocycles. The van der Waals surface area contributed by atoms with E-state index in [4.69, 9.17) is 0 Å². The highest BCUT2D eigenvalue weighted by Gasteiger charge is 2.48. The van der Waals surface area contributed by atoms with E-state index in [-0.39, 0.29) is 11.9 Å². The number of carbonyl (C=O) groups excluding carboxylic acids is 1. The van der Waals surface area contributed by atoms with Gasteiger partial charge in [-0.15, -0.1) is 0 Å². The highest BCUT2D eigenvalue weighted by Crippen LogP contribution is 2.36. The van der Waals surface area contributed by atoms with Crippen LogP contribution in [0.3, 0.4) is 0 Å². The molecule has 2 fully saturated rings. The minimum Gasteiger partial charge on any atom is -0.337 e. The number of likely N-dealkylation sites (tertiary alicyclic amines) is 1. The van der Waals surface area contributed by atoms with Crippen molar-refractivity contribution in [3.05, 3.63) is 71.8 Å². The predicted octanol–water partition coefficient (Wildman–Crippen LogP) is 1.65. The van der Waals surface area contributed by atoms with E-state index >= 15 is 0 Å². The van der Waals surface area contributed by atoms with Crippen molar-refractivity contribution in [1.82, 2.24) is 34.9 Å². The molecule has 6 rings (SSSR count). The van der Waals surface area contributed by atoms with Crippen LogP contribution in [0, 0.1) is 5.82 Å². The summed E-state index contributed by atoms with van der Waals surface area (Å²) in [5, 5.41) is 8.20. The fraction of sp³-hybridized carbons (Fsp3) is 0.417. The Morgan fingerprint density at radius 1 is 1.18 bits per heavy atom. The molecule has 1 amide bonds. The van der Waals surface area contributed by atoms with Gasteiger partial charge in [0.25, 0.3) is 0 Å². The molecule has 33 heavy (non-hydrogen) atoms. The minimum absolute atomic E-state index is 0.129. The van der Waals surface area contributed by atoms with Crippen LogP contribution in [-0.2, 0) is 23.3 Å². The standard InChI is InChI=1S/C24H26FN7O/c25-18-11-26-23(27-12-18)24-8-6-19(29-24)14-30(16-24)15-22(33)31-9-7-21-17(13-31)10-28-32(21)20-4-2-1-3-5-20/h1-5,10-12,19,29H,6-9,13-16H2. The van der Waals surface area contributed by atoms with Crippen LogP contribution in [0.1, 0.15) is 29.9 Å². The zero-order chi connectivity index (χ0) is 22.4. The van der Waals surface area contributed by atoms with Gasteiger partial charge in [0.2, 0.25) is 5.91 Å². The van der Waals surface area contributed by atoms with Gasteiger partial charge in [-0.1, -0.05) is 18.2 Å². The SMILES string of the molecule is O=C(CN1CC2CCC(c3ncc(F)cn3)(C1)N2)N1CCc2c(cnn2-c2ccccc2)C1. The number of para-hydroxylation sites is 1. The van der Waals surface area contributed by atoms with Crippen LogP contribution in [0.4, 0.5) is 4.39 Å². The summed E-state index contributed by atoms with van der Waals surface area (Å²) in [4.78, 5) is 25.9. The van der Waals surface area contributed by atoms with Gasteiger partial charge < -0.3 is 4.90 Å². The second kappa shape index (κ2) is 8.00. The average Bonchev–Trinajstić information content (AvgIpc) is 3.40. The molecule has 3 aliphatic rings. The van der Waals surface area contributed by atoms with Crippen molar-refractivity contribution in [1.29, 1.82) is 0 Å². The Bertz CT molecular complexity index is 1170. The number of rotatable bonds is 4. The lowest BCUT2D eigenvalue weighted by Gasteiger charge is -2.40. The predicted molar refractivity (Wildman–Crippen MR) is 119 cm³/mol. The number of fused-ring (bicyclic) bond motifs is 3. The van der Waals surface area contributed by atoms with E-state index < -0.39 is 11.4 Å². The Hall–Kier alpha value is -3.17. The molecule has 1 aromatic carbocycles. The van der Waals surface area contributed by atoms with Gasteiger partial charge in [0, 0.05) is 44.2 Å². The van der Waals surface area contributed by atoms with E-state index in [1.54, 1.807) is 0 Å². The van der Waals surface area contributed by atoms with Crippen LogP contribution in [0.15, 0.2) is 48.9 Å². The summed E-state index contributed by atoms with van der Waals surface area (Å²) < 4.78 is 15.3. The number of hydrogen-bond acceptors (Lipinski definition) is 6. The number of amides is 1. The van der Waals surface area contributed by atoms with Crippen molar-refractivity contribution in [2.75, 3.05) is 26.2 Å². The zero-order valence-corrected chi connectivity index (χ0v) is 18.3. The summed E-state index contributed by atoms with van der Waals surface area (Å²) in [5.74, 6) is 0.302. The molecular formula is C24H26FN7O. The van der Waals surface area contributed by atoms with E-state index in [2.05, 4.69) is 25.3 Å². The Balaban J connectivity index is 1.14. The van der Waals surface area contributed by atoms with Crippen LogP contribution in [0.2, 0.25) is 0 Å². The lowest BCUT2D eigenvalue weighted by molar-refractivity contribution is -0.134. The quantitative estimate of drug-likeness (QED) is 0.655. The first-order valence-electron chi connectivity index (χ1n) is 11.5. The lowest BCUT2D eigenvalue weighted by Crippen LogP contribution is -2.59. The molecule has 2 unspecified atom stereocenters. The second-order valence-corrected chi connectivity index (χ2v) is 9.29. The molecule has 0 radical (unpaired) electrons. The van der Waals surface area contributed by atoms with E-state index in [0.29, 0.717) is 32.0 Å². The highest BCUT2D eigenvalue weighted by molar-refractivity contribution is 5.78. The summed E-state index contributed by atoms with van der Waals surface area (Å²) in [6.07, 6.45) is 6.99. The molecule has 0 saturated carbocycles. The van der Waals surface area contributed by atoms with Crippen LogP contribution in [0.25, 0.3) is 5.69 Å². The molecular weight excluding hydrogens is 421 g/mol. The van der Waals surface area contributed by atoms with Gasteiger partial charge in [0.15, 0.2) is 5.82 Å². The van der Waals surface area contributed by atoms with Gasteiger partial charge in [0.05, 0.1) is 42.1 Å². The minimum atomic E-state index is -0.437. The molecule has 1 N–H and O–H groups in total. The Kier molecular flexibility index (Phi) is 4.95. The van der Waals surface area contributed by atoms with E-state index in [1.807, 2.05) is 46.1 Å². The summed E-state index contributed by atoms with van der Waals surface area (Å²) in [6.45, 7) is 3.10. The molecule has 2 bridgehead atoms. The Morgan fingerprint density at radius 3 is 2.82 bits per heavy atom. The van der Waals surface area contributed by atoms with Crippen LogP contribution in [-0.4, -0.2) is 67.7 Å². The lowest BCUT2D eigenvalue weighted by atomic mass is 9.95. The summed E-state index contributed by atoms with van der Waals surface area (Å²) in [6, 6.07) is 10.4. The Morgan fingerprint density at radius 2 is 2.00 bits per heavy atom. The van der Waals surface area contributed by atoms with Crippen molar-refractivity contribution < 1.29 is 9.18 Å². The normalized spacial score (nSPS) is 24.6. The number of aromatic nitrogens is 4. The first-order chi connectivity index (χ1) is 16.1. The Labute approximate surface area is 191 Å². The molecule has 8 nitrogen and oxygen atoms in total. The molecule has 170 valence electrons. The summed E-state index contributed by atoms with van der Waals surface area (Å²) >= 11 is 0. The van der Waals surface area contributed by atoms with Crippen molar-refractivity contribution in [3.63, 3.8) is 0 Å². The third kappa shape index (κ3) is 3.71.